The number of piperidine rings is 1. The quantitative estimate of drug-likeness (QED) is 0.527. The number of thiazole rings is 1. The molecule has 0 radical (unpaired) electrons. The van der Waals surface area contributed by atoms with E-state index < -0.39 is 4.92 Å². The maximum absolute atomic E-state index is 12.3. The fourth-order valence-corrected chi connectivity index (χ4v) is 5.01. The van der Waals surface area contributed by atoms with Crippen molar-refractivity contribution in [3.05, 3.63) is 33.1 Å². The fraction of sp³-hybridized carbons (Fsp3) is 0.500. The van der Waals surface area contributed by atoms with Gasteiger partial charge in [-0.05, 0) is 32.3 Å². The summed E-state index contributed by atoms with van der Waals surface area (Å²) in [4.78, 5) is 41.5. The molecule has 10 heteroatoms. The molecular weight excluding hydrogens is 400 g/mol. The normalized spacial score (nSPS) is 15.2. The van der Waals surface area contributed by atoms with Gasteiger partial charge in [-0.2, -0.15) is 4.99 Å². The van der Waals surface area contributed by atoms with Crippen LogP contribution in [0, 0.1) is 10.1 Å². The molecule has 0 unspecified atom stereocenters. The number of aromatic nitrogens is 1. The number of carbonyl (C=O) groups excluding carboxylic acids is 2. The molecule has 1 aromatic heterocycles. The molecule has 2 heterocycles. The summed E-state index contributed by atoms with van der Waals surface area (Å²) in [6.45, 7) is 4.15. The molecular formula is C18H22N4O4S2. The number of carbonyl (C=O) groups is 2. The Bertz CT molecular complexity index is 960. The minimum Gasteiger partial charge on any atom is -0.342 e. The topological polar surface area (TPSA) is 97.8 Å². The van der Waals surface area contributed by atoms with Gasteiger partial charge in [0.1, 0.15) is 0 Å². The summed E-state index contributed by atoms with van der Waals surface area (Å²) in [6.07, 6.45) is 3.27. The van der Waals surface area contributed by atoms with Gasteiger partial charge >= 0.3 is 0 Å². The lowest BCUT2D eigenvalue weighted by Gasteiger charge is -2.26. The van der Waals surface area contributed by atoms with E-state index in [-0.39, 0.29) is 29.0 Å². The summed E-state index contributed by atoms with van der Waals surface area (Å²) in [5, 5.41) is 11.0. The first-order valence-corrected chi connectivity index (χ1v) is 11.2. The van der Waals surface area contributed by atoms with Crippen LogP contribution in [0.4, 0.5) is 5.69 Å². The van der Waals surface area contributed by atoms with Crippen molar-refractivity contribution in [2.45, 2.75) is 32.7 Å². The molecule has 0 N–H and O–H groups in total. The Labute approximate surface area is 170 Å². The maximum atomic E-state index is 12.3. The van der Waals surface area contributed by atoms with E-state index in [2.05, 4.69) is 4.99 Å². The average molecular weight is 423 g/mol. The van der Waals surface area contributed by atoms with Crippen molar-refractivity contribution < 1.29 is 14.5 Å². The van der Waals surface area contributed by atoms with E-state index in [0.29, 0.717) is 11.3 Å². The van der Waals surface area contributed by atoms with Crippen molar-refractivity contribution in [1.82, 2.24) is 9.47 Å². The predicted octanol–water partition coefficient (Wildman–Crippen LogP) is 2.80. The van der Waals surface area contributed by atoms with Gasteiger partial charge in [-0.25, -0.2) is 0 Å². The Hall–Kier alpha value is -2.20. The van der Waals surface area contributed by atoms with Gasteiger partial charge in [-0.15, -0.1) is 11.8 Å². The molecule has 1 aliphatic heterocycles. The zero-order chi connectivity index (χ0) is 20.1. The first-order valence-electron chi connectivity index (χ1n) is 9.20. The summed E-state index contributed by atoms with van der Waals surface area (Å²) in [6, 6.07) is 4.64. The molecule has 0 atom stereocenters. The first kappa shape index (κ1) is 20.5. The Morgan fingerprint density at radius 3 is 2.68 bits per heavy atom. The second-order valence-electron chi connectivity index (χ2n) is 6.48. The number of fused-ring (bicyclic) bond motifs is 1. The highest BCUT2D eigenvalue weighted by Gasteiger charge is 2.17. The average Bonchev–Trinajstić information content (AvgIpc) is 3.04. The van der Waals surface area contributed by atoms with Crippen molar-refractivity contribution in [3.8, 4) is 0 Å². The molecule has 8 nitrogen and oxygen atoms in total. The molecule has 0 saturated carbocycles. The molecule has 1 saturated heterocycles. The van der Waals surface area contributed by atoms with Crippen molar-refractivity contribution in [2.75, 3.05) is 24.6 Å². The van der Waals surface area contributed by atoms with E-state index in [4.69, 9.17) is 0 Å². The third-order valence-corrected chi connectivity index (χ3v) is 6.52. The second kappa shape index (κ2) is 9.33. The number of aryl methyl sites for hydroxylation is 1. The van der Waals surface area contributed by atoms with Gasteiger partial charge in [-0.1, -0.05) is 11.3 Å². The van der Waals surface area contributed by atoms with Crippen LogP contribution in [0.25, 0.3) is 10.2 Å². The SMILES string of the molecule is CCn1c(=NC(=O)CSCC(=O)N2CCCCC2)sc2cc([N+](=O)[O-])ccc21. The molecule has 1 aromatic carbocycles. The van der Waals surface area contributed by atoms with Crippen molar-refractivity contribution in [3.63, 3.8) is 0 Å². The van der Waals surface area contributed by atoms with Crippen LogP contribution in [0.3, 0.4) is 0 Å². The number of nitro benzene ring substituents is 1. The summed E-state index contributed by atoms with van der Waals surface area (Å²) < 4.78 is 2.58. The number of rotatable bonds is 6. The Balaban J connectivity index is 1.68. The van der Waals surface area contributed by atoms with Crippen LogP contribution in [-0.2, 0) is 16.1 Å². The van der Waals surface area contributed by atoms with Crippen LogP contribution in [-0.4, -0.2) is 50.8 Å². The van der Waals surface area contributed by atoms with Crippen LogP contribution in [0.5, 0.6) is 0 Å². The molecule has 2 amide bonds. The number of benzene rings is 1. The van der Waals surface area contributed by atoms with Gasteiger partial charge in [0.2, 0.25) is 5.91 Å². The molecule has 28 heavy (non-hydrogen) atoms. The molecule has 1 fully saturated rings. The molecule has 0 aliphatic carbocycles. The lowest BCUT2D eigenvalue weighted by atomic mass is 10.1. The lowest BCUT2D eigenvalue weighted by Crippen LogP contribution is -2.36. The zero-order valence-corrected chi connectivity index (χ0v) is 17.3. The van der Waals surface area contributed by atoms with Gasteiger partial charge in [0.05, 0.1) is 26.6 Å². The van der Waals surface area contributed by atoms with Crippen LogP contribution < -0.4 is 4.80 Å². The lowest BCUT2D eigenvalue weighted by molar-refractivity contribution is -0.384. The standard InChI is InChI=1S/C18H22N4O4S2/c1-2-21-14-7-6-13(22(25)26)10-15(14)28-18(21)19-16(23)11-27-12-17(24)20-8-4-3-5-9-20/h6-7,10H,2-5,8-9,11-12H2,1H3. The van der Waals surface area contributed by atoms with E-state index in [1.165, 1.54) is 41.7 Å². The van der Waals surface area contributed by atoms with Crippen LogP contribution in [0.15, 0.2) is 23.2 Å². The Morgan fingerprint density at radius 2 is 2.00 bits per heavy atom. The highest BCUT2D eigenvalue weighted by Crippen LogP contribution is 2.23. The van der Waals surface area contributed by atoms with Gasteiger partial charge in [0.15, 0.2) is 4.80 Å². The maximum Gasteiger partial charge on any atom is 0.270 e. The number of thioether (sulfide) groups is 1. The van der Waals surface area contributed by atoms with Crippen molar-refractivity contribution in [1.29, 1.82) is 0 Å². The fourth-order valence-electron chi connectivity index (χ4n) is 3.17. The number of hydrogen-bond donors (Lipinski definition) is 0. The number of hydrogen-bond acceptors (Lipinski definition) is 6. The second-order valence-corrected chi connectivity index (χ2v) is 8.47. The Kier molecular flexibility index (Phi) is 6.84. The number of nitrogens with zero attached hydrogens (tertiary/aromatic N) is 4. The Morgan fingerprint density at radius 1 is 1.25 bits per heavy atom. The van der Waals surface area contributed by atoms with E-state index in [9.17, 15) is 19.7 Å². The van der Waals surface area contributed by atoms with E-state index in [1.807, 2.05) is 16.4 Å². The molecule has 1 aliphatic rings. The highest BCUT2D eigenvalue weighted by molar-refractivity contribution is 8.00. The predicted molar refractivity (Wildman–Crippen MR) is 110 cm³/mol. The van der Waals surface area contributed by atoms with Crippen LogP contribution >= 0.6 is 23.1 Å². The summed E-state index contributed by atoms with van der Waals surface area (Å²) in [5.74, 6) is 0.195. The minimum atomic E-state index is -0.437. The minimum absolute atomic E-state index is 0.0154. The zero-order valence-electron chi connectivity index (χ0n) is 15.6. The van der Waals surface area contributed by atoms with Crippen molar-refractivity contribution in [2.24, 2.45) is 4.99 Å². The third kappa shape index (κ3) is 4.79. The number of likely N-dealkylation sites (tertiary alicyclic amines) is 1. The monoisotopic (exact) mass is 422 g/mol. The van der Waals surface area contributed by atoms with E-state index in [1.54, 1.807) is 6.07 Å². The smallest absolute Gasteiger partial charge is 0.270 e. The number of amides is 2. The van der Waals surface area contributed by atoms with Gasteiger partial charge in [0, 0.05) is 31.8 Å². The van der Waals surface area contributed by atoms with Crippen LogP contribution in [0.2, 0.25) is 0 Å². The summed E-state index contributed by atoms with van der Waals surface area (Å²) in [7, 11) is 0. The molecule has 0 bridgehead atoms. The van der Waals surface area contributed by atoms with Gasteiger partial charge < -0.3 is 9.47 Å². The van der Waals surface area contributed by atoms with E-state index in [0.717, 1.165) is 36.1 Å². The van der Waals surface area contributed by atoms with Gasteiger partial charge in [0.25, 0.3) is 11.6 Å². The summed E-state index contributed by atoms with van der Waals surface area (Å²) >= 11 is 2.54. The molecule has 150 valence electrons. The highest BCUT2D eigenvalue weighted by atomic mass is 32.2. The largest absolute Gasteiger partial charge is 0.342 e. The van der Waals surface area contributed by atoms with Crippen LogP contribution in [0.1, 0.15) is 26.2 Å². The summed E-state index contributed by atoms with van der Waals surface area (Å²) in [5.41, 5.74) is 0.833. The number of non-ortho nitro benzene ring substituents is 1. The number of nitro groups is 1. The third-order valence-electron chi connectivity index (χ3n) is 4.57. The van der Waals surface area contributed by atoms with Gasteiger partial charge in [-0.3, -0.25) is 19.7 Å². The van der Waals surface area contributed by atoms with E-state index >= 15 is 0 Å². The first-order chi connectivity index (χ1) is 13.5. The molecule has 2 aromatic rings. The molecule has 3 rings (SSSR count). The van der Waals surface area contributed by atoms with Crippen molar-refractivity contribution >= 4 is 50.8 Å². The molecule has 0 spiro atoms.